The van der Waals surface area contributed by atoms with Crippen molar-refractivity contribution in [2.45, 2.75) is 30.1 Å². The Morgan fingerprint density at radius 3 is 2.69 bits per heavy atom. The molecular weight excluding hydrogens is 483 g/mol. The number of rotatable bonds is 10. The van der Waals surface area contributed by atoms with Crippen LogP contribution in [0.1, 0.15) is 17.0 Å². The molecule has 1 saturated heterocycles. The molecule has 0 spiro atoms. The number of aromatic nitrogens is 6. The summed E-state index contributed by atoms with van der Waals surface area (Å²) in [5, 5.41) is 24.7. The summed E-state index contributed by atoms with van der Waals surface area (Å²) in [6.07, 6.45) is 4.80. The van der Waals surface area contributed by atoms with Gasteiger partial charge in [-0.05, 0) is 22.8 Å². The standard InChI is InChI=1S/C24H23FN8O2S/c25-19-11-17(22-23(34)20(29-24(22)35)14-33-9-7-27-32-33)5-6-18(19)16-3-1-15(2-4-16)12-26-8-10-36-21-13-28-31-30-21/h1-7,9,11,13,20,22,26H,8,10,12,14H2,(H,29,35)(H,28,30,31). The number of Topliss-reactive ketones (excluding diaryl/α,β-unsaturated/α-hetero) is 1. The molecule has 1 fully saturated rings. The number of halogens is 1. The molecular formula is C24H23FN8O2S. The van der Waals surface area contributed by atoms with Gasteiger partial charge in [0.1, 0.15) is 22.8 Å². The number of hydrogen-bond donors (Lipinski definition) is 3. The first-order valence-electron chi connectivity index (χ1n) is 11.3. The van der Waals surface area contributed by atoms with Gasteiger partial charge in [0.05, 0.1) is 18.9 Å². The van der Waals surface area contributed by atoms with Crippen LogP contribution >= 0.6 is 11.8 Å². The first kappa shape index (κ1) is 23.8. The predicted molar refractivity (Wildman–Crippen MR) is 130 cm³/mol. The second kappa shape index (κ2) is 10.8. The third-order valence-electron chi connectivity index (χ3n) is 5.90. The number of carbonyl (C=O) groups excluding carboxylic acids is 2. The number of nitrogens with zero attached hydrogens (tertiary/aromatic N) is 5. The molecule has 2 aromatic heterocycles. The highest BCUT2D eigenvalue weighted by Crippen LogP contribution is 2.30. The smallest absolute Gasteiger partial charge is 0.235 e. The van der Waals surface area contributed by atoms with Crippen LogP contribution in [0.5, 0.6) is 0 Å². The normalized spacial score (nSPS) is 17.5. The summed E-state index contributed by atoms with van der Waals surface area (Å²) in [4.78, 5) is 25.4. The molecule has 12 heteroatoms. The minimum atomic E-state index is -1.04. The van der Waals surface area contributed by atoms with Gasteiger partial charge in [0.15, 0.2) is 5.78 Å². The van der Waals surface area contributed by atoms with Crippen LogP contribution in [-0.2, 0) is 22.7 Å². The van der Waals surface area contributed by atoms with Crippen molar-refractivity contribution in [2.24, 2.45) is 0 Å². The van der Waals surface area contributed by atoms with Gasteiger partial charge in [0.2, 0.25) is 5.91 Å². The highest BCUT2D eigenvalue weighted by Gasteiger charge is 2.42. The van der Waals surface area contributed by atoms with Gasteiger partial charge < -0.3 is 10.6 Å². The Bertz CT molecular complexity index is 1330. The third-order valence-corrected chi connectivity index (χ3v) is 6.81. The Morgan fingerprint density at radius 2 is 1.97 bits per heavy atom. The number of H-pyrrole nitrogens is 1. The molecule has 2 atom stereocenters. The van der Waals surface area contributed by atoms with E-state index in [1.807, 2.05) is 24.3 Å². The average Bonchev–Trinajstić information content (AvgIpc) is 3.63. The van der Waals surface area contributed by atoms with Gasteiger partial charge in [0.25, 0.3) is 0 Å². The number of benzene rings is 2. The summed E-state index contributed by atoms with van der Waals surface area (Å²) in [5.74, 6) is -1.39. The highest BCUT2D eigenvalue weighted by molar-refractivity contribution is 7.99. The third kappa shape index (κ3) is 5.34. The summed E-state index contributed by atoms with van der Waals surface area (Å²) in [6, 6.07) is 11.4. The molecule has 2 unspecified atom stereocenters. The molecule has 36 heavy (non-hydrogen) atoms. The lowest BCUT2D eigenvalue weighted by atomic mass is 9.92. The molecule has 1 aliphatic rings. The largest absolute Gasteiger partial charge is 0.343 e. The lowest BCUT2D eigenvalue weighted by Gasteiger charge is -2.11. The lowest BCUT2D eigenvalue weighted by molar-refractivity contribution is -0.124. The number of thioether (sulfide) groups is 1. The van der Waals surface area contributed by atoms with Gasteiger partial charge in [0, 0.05) is 30.6 Å². The zero-order valence-electron chi connectivity index (χ0n) is 19.1. The molecule has 4 aromatic rings. The predicted octanol–water partition coefficient (Wildman–Crippen LogP) is 1.94. The van der Waals surface area contributed by atoms with Crippen molar-refractivity contribution in [3.05, 3.63) is 78.0 Å². The fourth-order valence-electron chi connectivity index (χ4n) is 4.10. The van der Waals surface area contributed by atoms with E-state index in [1.54, 1.807) is 36.3 Å². The van der Waals surface area contributed by atoms with Crippen LogP contribution in [0.15, 0.2) is 66.1 Å². The first-order chi connectivity index (χ1) is 17.6. The van der Waals surface area contributed by atoms with E-state index >= 15 is 4.39 Å². The quantitative estimate of drug-likeness (QED) is 0.169. The first-order valence-corrected chi connectivity index (χ1v) is 12.3. The van der Waals surface area contributed by atoms with E-state index in [2.05, 4.69) is 36.4 Å². The Balaban J connectivity index is 1.19. The van der Waals surface area contributed by atoms with Gasteiger partial charge >= 0.3 is 0 Å². The van der Waals surface area contributed by atoms with E-state index in [0.717, 1.165) is 28.5 Å². The molecule has 1 aliphatic heterocycles. The van der Waals surface area contributed by atoms with Crippen molar-refractivity contribution in [3.8, 4) is 11.1 Å². The van der Waals surface area contributed by atoms with E-state index in [-0.39, 0.29) is 12.3 Å². The Labute approximate surface area is 210 Å². The topological polar surface area (TPSA) is 130 Å². The van der Waals surface area contributed by atoms with Crippen LogP contribution in [-0.4, -0.2) is 60.4 Å². The fourth-order valence-corrected chi connectivity index (χ4v) is 4.79. The Kier molecular flexibility index (Phi) is 7.14. The van der Waals surface area contributed by atoms with Crippen molar-refractivity contribution in [1.82, 2.24) is 41.0 Å². The summed E-state index contributed by atoms with van der Waals surface area (Å²) in [5.41, 5.74) is 2.55. The Hall–Kier alpha value is -3.90. The summed E-state index contributed by atoms with van der Waals surface area (Å²) in [7, 11) is 0. The zero-order chi connectivity index (χ0) is 24.9. The monoisotopic (exact) mass is 506 g/mol. The molecule has 2 aromatic carbocycles. The van der Waals surface area contributed by atoms with E-state index in [1.165, 1.54) is 16.9 Å². The van der Waals surface area contributed by atoms with Crippen LogP contribution in [0.3, 0.4) is 0 Å². The molecule has 10 nitrogen and oxygen atoms in total. The number of hydrogen-bond acceptors (Lipinski definition) is 8. The Morgan fingerprint density at radius 1 is 1.11 bits per heavy atom. The number of aromatic amines is 1. The van der Waals surface area contributed by atoms with Crippen LogP contribution in [0.4, 0.5) is 4.39 Å². The maximum Gasteiger partial charge on any atom is 0.235 e. The minimum absolute atomic E-state index is 0.184. The molecule has 0 saturated carbocycles. The zero-order valence-corrected chi connectivity index (χ0v) is 19.9. The average molecular weight is 507 g/mol. The van der Waals surface area contributed by atoms with Gasteiger partial charge in [-0.3, -0.25) is 19.4 Å². The second-order valence-corrected chi connectivity index (χ2v) is 9.44. The summed E-state index contributed by atoms with van der Waals surface area (Å²) < 4.78 is 16.5. The molecule has 0 aliphatic carbocycles. The van der Waals surface area contributed by atoms with Crippen LogP contribution in [0.2, 0.25) is 0 Å². The molecule has 0 radical (unpaired) electrons. The van der Waals surface area contributed by atoms with E-state index in [9.17, 15) is 9.59 Å². The summed E-state index contributed by atoms with van der Waals surface area (Å²) in [6.45, 7) is 1.69. The maximum absolute atomic E-state index is 15.1. The van der Waals surface area contributed by atoms with E-state index < -0.39 is 23.7 Å². The van der Waals surface area contributed by atoms with Crippen LogP contribution < -0.4 is 10.6 Å². The lowest BCUT2D eigenvalue weighted by Crippen LogP contribution is -2.33. The molecule has 184 valence electrons. The number of carbonyl (C=O) groups is 2. The van der Waals surface area contributed by atoms with E-state index in [0.29, 0.717) is 17.7 Å². The molecule has 1 amide bonds. The molecule has 3 heterocycles. The van der Waals surface area contributed by atoms with Gasteiger partial charge in [-0.25, -0.2) is 4.39 Å². The van der Waals surface area contributed by atoms with Crippen molar-refractivity contribution >= 4 is 23.5 Å². The van der Waals surface area contributed by atoms with Crippen molar-refractivity contribution in [3.63, 3.8) is 0 Å². The highest BCUT2D eigenvalue weighted by atomic mass is 32.2. The van der Waals surface area contributed by atoms with Crippen molar-refractivity contribution in [2.75, 3.05) is 12.3 Å². The van der Waals surface area contributed by atoms with Crippen LogP contribution in [0.25, 0.3) is 11.1 Å². The minimum Gasteiger partial charge on any atom is -0.343 e. The number of nitrogens with one attached hydrogen (secondary N) is 3. The maximum atomic E-state index is 15.1. The van der Waals surface area contributed by atoms with Crippen molar-refractivity contribution < 1.29 is 14.0 Å². The molecule has 0 bridgehead atoms. The van der Waals surface area contributed by atoms with Gasteiger partial charge in [-0.15, -0.1) is 22.0 Å². The SMILES string of the molecule is O=C1NC(Cn2ccnn2)C(=O)C1c1ccc(-c2ccc(CNCCSc3cnn[nH]3)cc2)c(F)c1. The van der Waals surface area contributed by atoms with E-state index in [4.69, 9.17) is 0 Å². The molecule has 3 N–H and O–H groups in total. The molecule has 5 rings (SSSR count). The number of amides is 1. The second-order valence-electron chi connectivity index (χ2n) is 8.30. The van der Waals surface area contributed by atoms with Gasteiger partial charge in [-0.2, -0.15) is 0 Å². The fraction of sp³-hybridized carbons (Fsp3) is 0.250. The summed E-state index contributed by atoms with van der Waals surface area (Å²) >= 11 is 1.64. The van der Waals surface area contributed by atoms with Crippen LogP contribution in [0, 0.1) is 5.82 Å². The van der Waals surface area contributed by atoms with Crippen molar-refractivity contribution in [1.29, 1.82) is 0 Å². The number of ketones is 1. The van der Waals surface area contributed by atoms with Gasteiger partial charge in [-0.1, -0.05) is 46.8 Å².